The van der Waals surface area contributed by atoms with E-state index in [1.165, 1.54) is 0 Å². The molecule has 12 heavy (non-hydrogen) atoms. The zero-order valence-electron chi connectivity index (χ0n) is 6.09. The van der Waals surface area contributed by atoms with Crippen LogP contribution in [0, 0.1) is 0 Å². The van der Waals surface area contributed by atoms with Crippen LogP contribution in [0.5, 0.6) is 0 Å². The van der Waals surface area contributed by atoms with E-state index in [0.29, 0.717) is 0 Å². The molecule has 8 nitrogen and oxygen atoms in total. The Hall–Kier alpha value is -1.99. The molecule has 6 amide bonds. The van der Waals surface area contributed by atoms with E-state index in [1.54, 1.807) is 5.32 Å². The Morgan fingerprint density at radius 1 is 1.00 bits per heavy atom. The maximum atomic E-state index is 10.5. The molecule has 0 rings (SSSR count). The molecular weight excluding hydrogens is 166 g/mol. The summed E-state index contributed by atoms with van der Waals surface area (Å²) < 4.78 is 0. The van der Waals surface area contributed by atoms with Crippen LogP contribution in [-0.2, 0) is 0 Å². The van der Waals surface area contributed by atoms with Crippen molar-refractivity contribution in [3.63, 3.8) is 0 Å². The summed E-state index contributed by atoms with van der Waals surface area (Å²) in [7, 11) is 0. The number of urea groups is 3. The van der Waals surface area contributed by atoms with Gasteiger partial charge in [-0.2, -0.15) is 0 Å². The van der Waals surface area contributed by atoms with Crippen molar-refractivity contribution in [2.45, 2.75) is 0 Å². The minimum Gasteiger partial charge on any atom is -0.352 e. The quantitative estimate of drug-likeness (QED) is 0.310. The second-order valence-electron chi connectivity index (χ2n) is 1.71. The van der Waals surface area contributed by atoms with Gasteiger partial charge in [-0.05, 0) is 0 Å². The monoisotopic (exact) mass is 175 g/mol. The van der Waals surface area contributed by atoms with Crippen LogP contribution in [0.15, 0.2) is 0 Å². The van der Waals surface area contributed by atoms with Gasteiger partial charge in [-0.1, -0.05) is 0 Å². The number of imide groups is 1. The molecule has 8 heteroatoms. The molecule has 0 heterocycles. The predicted molar refractivity (Wildman–Crippen MR) is 38.8 cm³/mol. The van der Waals surface area contributed by atoms with Gasteiger partial charge in [0.05, 0.1) is 6.67 Å². The molecule has 0 aliphatic heterocycles. The lowest BCUT2D eigenvalue weighted by molar-refractivity contribution is 0.230. The minimum absolute atomic E-state index is 0.172. The van der Waals surface area contributed by atoms with E-state index in [0.717, 1.165) is 0 Å². The third kappa shape index (κ3) is 6.13. The van der Waals surface area contributed by atoms with Gasteiger partial charge in [0.25, 0.3) is 0 Å². The summed E-state index contributed by atoms with van der Waals surface area (Å²) in [6, 6.07) is -2.57. The topological polar surface area (TPSA) is 139 Å². The fourth-order valence-corrected chi connectivity index (χ4v) is 0.368. The molecule has 0 unspecified atom stereocenters. The summed E-state index contributed by atoms with van der Waals surface area (Å²) in [5, 5.41) is 5.86. The van der Waals surface area contributed by atoms with E-state index in [9.17, 15) is 14.4 Å². The highest BCUT2D eigenvalue weighted by Gasteiger charge is 2.01. The fraction of sp³-hybridized carbons (Fsp3) is 0.250. The number of nitrogens with one attached hydrogen (secondary N) is 3. The van der Waals surface area contributed by atoms with Crippen LogP contribution in [0.3, 0.4) is 0 Å². The summed E-state index contributed by atoms with van der Waals surface area (Å²) in [6.45, 7) is -0.172. The number of primary amides is 2. The van der Waals surface area contributed by atoms with E-state index in [1.807, 2.05) is 0 Å². The molecule has 68 valence electrons. The van der Waals surface area contributed by atoms with Crippen LogP contribution in [-0.4, -0.2) is 24.8 Å². The largest absolute Gasteiger partial charge is 0.352 e. The summed E-state index contributed by atoms with van der Waals surface area (Å²) in [6.07, 6.45) is 0. The first kappa shape index (κ1) is 10.0. The normalized spacial score (nSPS) is 8.33. The van der Waals surface area contributed by atoms with Gasteiger partial charge in [0.2, 0.25) is 0 Å². The Labute approximate surface area is 67.6 Å². The van der Waals surface area contributed by atoms with Crippen molar-refractivity contribution in [3.05, 3.63) is 0 Å². The van der Waals surface area contributed by atoms with Crippen LogP contribution in [0.4, 0.5) is 14.4 Å². The van der Waals surface area contributed by atoms with Crippen molar-refractivity contribution in [1.82, 2.24) is 16.0 Å². The first-order valence-corrected chi connectivity index (χ1v) is 2.90. The van der Waals surface area contributed by atoms with E-state index in [-0.39, 0.29) is 6.67 Å². The lowest BCUT2D eigenvalue weighted by Gasteiger charge is -2.03. The number of rotatable bonds is 2. The van der Waals surface area contributed by atoms with Gasteiger partial charge in [0.15, 0.2) is 0 Å². The third-order valence-electron chi connectivity index (χ3n) is 0.748. The molecule has 0 saturated heterocycles. The van der Waals surface area contributed by atoms with E-state index < -0.39 is 18.1 Å². The first-order valence-electron chi connectivity index (χ1n) is 2.90. The summed E-state index contributed by atoms with van der Waals surface area (Å²) >= 11 is 0. The van der Waals surface area contributed by atoms with E-state index in [4.69, 9.17) is 0 Å². The highest BCUT2D eigenvalue weighted by atomic mass is 16.2. The summed E-state index contributed by atoms with van der Waals surface area (Å²) in [5.41, 5.74) is 9.27. The highest BCUT2D eigenvalue weighted by molar-refractivity contribution is 5.92. The van der Waals surface area contributed by atoms with Crippen molar-refractivity contribution < 1.29 is 14.4 Å². The first-order chi connectivity index (χ1) is 5.52. The Kier molecular flexibility index (Phi) is 3.98. The molecule has 0 aromatic carbocycles. The third-order valence-corrected chi connectivity index (χ3v) is 0.748. The van der Waals surface area contributed by atoms with E-state index >= 15 is 0 Å². The predicted octanol–water partition coefficient (Wildman–Crippen LogP) is -2.01. The second kappa shape index (κ2) is 4.77. The lowest BCUT2D eigenvalue weighted by atomic mass is 10.8. The van der Waals surface area contributed by atoms with Crippen molar-refractivity contribution in [3.8, 4) is 0 Å². The highest BCUT2D eigenvalue weighted by Crippen LogP contribution is 1.62. The summed E-state index contributed by atoms with van der Waals surface area (Å²) in [5.74, 6) is 0. The Bertz CT molecular complexity index is 203. The van der Waals surface area contributed by atoms with Gasteiger partial charge >= 0.3 is 18.1 Å². The van der Waals surface area contributed by atoms with Gasteiger partial charge in [0, 0.05) is 0 Å². The summed E-state index contributed by atoms with van der Waals surface area (Å²) in [4.78, 5) is 30.6. The number of hydrogen-bond donors (Lipinski definition) is 5. The Morgan fingerprint density at radius 2 is 1.58 bits per heavy atom. The van der Waals surface area contributed by atoms with Crippen molar-refractivity contribution in [1.29, 1.82) is 0 Å². The molecule has 0 fully saturated rings. The number of nitrogens with two attached hydrogens (primary N) is 2. The van der Waals surface area contributed by atoms with Crippen molar-refractivity contribution in [2.24, 2.45) is 11.5 Å². The van der Waals surface area contributed by atoms with Crippen molar-refractivity contribution in [2.75, 3.05) is 6.67 Å². The molecule has 0 aromatic heterocycles. The number of carbonyl (C=O) groups excluding carboxylic acids is 3. The number of amides is 6. The smallest absolute Gasteiger partial charge is 0.324 e. The van der Waals surface area contributed by atoms with Gasteiger partial charge < -0.3 is 22.1 Å². The van der Waals surface area contributed by atoms with Crippen LogP contribution in [0.1, 0.15) is 0 Å². The van der Waals surface area contributed by atoms with Gasteiger partial charge in [-0.15, -0.1) is 0 Å². The van der Waals surface area contributed by atoms with Crippen LogP contribution >= 0.6 is 0 Å². The van der Waals surface area contributed by atoms with Crippen LogP contribution in [0.25, 0.3) is 0 Å². The molecular formula is C4H9N5O3. The molecule has 0 aliphatic rings. The molecule has 0 saturated carbocycles. The zero-order chi connectivity index (χ0) is 9.56. The zero-order valence-corrected chi connectivity index (χ0v) is 6.09. The minimum atomic E-state index is -0.980. The maximum Gasteiger partial charge on any atom is 0.324 e. The van der Waals surface area contributed by atoms with Crippen molar-refractivity contribution >= 4 is 18.1 Å². The SMILES string of the molecule is NC(=O)NCNC(=O)NC(N)=O. The van der Waals surface area contributed by atoms with Crippen LogP contribution < -0.4 is 27.4 Å². The number of carbonyl (C=O) groups is 3. The maximum absolute atomic E-state index is 10.5. The Morgan fingerprint density at radius 3 is 2.00 bits per heavy atom. The average Bonchev–Trinajstić information content (AvgIpc) is 1.84. The second-order valence-corrected chi connectivity index (χ2v) is 1.71. The lowest BCUT2D eigenvalue weighted by Crippen LogP contribution is -2.47. The fourth-order valence-electron chi connectivity index (χ4n) is 0.368. The molecule has 0 aliphatic carbocycles. The molecule has 7 N–H and O–H groups in total. The molecule has 0 spiro atoms. The number of hydrogen-bond acceptors (Lipinski definition) is 3. The van der Waals surface area contributed by atoms with Gasteiger partial charge in [0.1, 0.15) is 0 Å². The van der Waals surface area contributed by atoms with Gasteiger partial charge in [-0.25, -0.2) is 14.4 Å². The molecule has 0 atom stereocenters. The molecule has 0 radical (unpaired) electrons. The Balaban J connectivity index is 3.44. The van der Waals surface area contributed by atoms with Crippen LogP contribution in [0.2, 0.25) is 0 Å². The molecule has 0 aromatic rings. The van der Waals surface area contributed by atoms with Gasteiger partial charge in [-0.3, -0.25) is 5.32 Å². The molecule has 0 bridgehead atoms. The van der Waals surface area contributed by atoms with E-state index in [2.05, 4.69) is 22.1 Å². The standard InChI is InChI=1S/C4H9N5O3/c5-2(10)7-1-8-4(12)9-3(6)11/h1H2,(H3,5,7,10)(H4,6,8,9,11,12). The average molecular weight is 175 g/mol.